The van der Waals surface area contributed by atoms with Crippen LogP contribution in [0.25, 0.3) is 16.5 Å². The van der Waals surface area contributed by atoms with Gasteiger partial charge in [-0.2, -0.15) is 10.2 Å². The largest absolute Gasteiger partial charge is 0.494 e. The Hall–Kier alpha value is -3.85. The molecule has 0 amide bonds. The molecule has 0 saturated heterocycles. The predicted molar refractivity (Wildman–Crippen MR) is 117 cm³/mol. The lowest BCUT2D eigenvalue weighted by molar-refractivity contribution is 0.331. The highest BCUT2D eigenvalue weighted by Crippen LogP contribution is 2.36. The van der Waals surface area contributed by atoms with Gasteiger partial charge >= 0.3 is 0 Å². The van der Waals surface area contributed by atoms with Crippen molar-refractivity contribution in [2.45, 2.75) is 13.5 Å². The maximum Gasteiger partial charge on any atom is 0.236 e. The summed E-state index contributed by atoms with van der Waals surface area (Å²) >= 11 is 0. The monoisotopic (exact) mass is 435 g/mol. The van der Waals surface area contributed by atoms with Crippen LogP contribution in [0.4, 0.5) is 14.6 Å². The Bertz CT molecular complexity index is 1300. The van der Waals surface area contributed by atoms with Crippen molar-refractivity contribution < 1.29 is 13.5 Å². The first-order chi connectivity index (χ1) is 15.6. The number of quaternary nitrogens is 1. The summed E-state index contributed by atoms with van der Waals surface area (Å²) in [5, 5.41) is 15.1. The van der Waals surface area contributed by atoms with E-state index in [-0.39, 0.29) is 22.3 Å². The second kappa shape index (κ2) is 8.01. The van der Waals surface area contributed by atoms with Gasteiger partial charge in [0.2, 0.25) is 5.82 Å². The summed E-state index contributed by atoms with van der Waals surface area (Å²) in [5.41, 5.74) is 1.62. The molecule has 162 valence electrons. The van der Waals surface area contributed by atoms with Crippen LogP contribution >= 0.6 is 0 Å². The SMILES string of the molecule is CCOc1cc(F)c(C[N+]2(c3[nH]nc4ccccc34)C=CC(c3ncn[nH]3)=CC2)c(F)c1. The Kier molecular flexibility index (Phi) is 5.02. The Morgan fingerprint density at radius 2 is 1.94 bits per heavy atom. The first-order valence-electron chi connectivity index (χ1n) is 10.3. The number of nitrogens with zero attached hydrogens (tertiary/aromatic N) is 4. The Morgan fingerprint density at radius 3 is 2.62 bits per heavy atom. The van der Waals surface area contributed by atoms with Gasteiger partial charge in [-0.05, 0) is 25.1 Å². The zero-order valence-electron chi connectivity index (χ0n) is 17.3. The van der Waals surface area contributed by atoms with E-state index in [1.54, 1.807) is 6.92 Å². The zero-order valence-corrected chi connectivity index (χ0v) is 17.3. The van der Waals surface area contributed by atoms with Gasteiger partial charge < -0.3 is 4.74 Å². The lowest BCUT2D eigenvalue weighted by atomic mass is 10.1. The molecule has 0 fully saturated rings. The molecule has 1 atom stereocenters. The van der Waals surface area contributed by atoms with Crippen molar-refractivity contribution in [1.29, 1.82) is 0 Å². The number of ether oxygens (including phenoxy) is 1. The van der Waals surface area contributed by atoms with Gasteiger partial charge in [0.1, 0.15) is 43.0 Å². The van der Waals surface area contributed by atoms with E-state index >= 15 is 0 Å². The number of rotatable bonds is 6. The fourth-order valence-corrected chi connectivity index (χ4v) is 4.04. The molecule has 0 spiro atoms. The smallest absolute Gasteiger partial charge is 0.236 e. The number of aromatic amines is 2. The molecule has 2 N–H and O–H groups in total. The summed E-state index contributed by atoms with van der Waals surface area (Å²) in [5.74, 6) is 0.261. The highest BCUT2D eigenvalue weighted by molar-refractivity contribution is 5.90. The minimum atomic E-state index is -0.645. The van der Waals surface area contributed by atoms with Crippen LogP contribution in [0.5, 0.6) is 5.75 Å². The molecule has 2 aromatic heterocycles. The highest BCUT2D eigenvalue weighted by atomic mass is 19.1. The number of hydrogen-bond donors (Lipinski definition) is 2. The quantitative estimate of drug-likeness (QED) is 0.438. The van der Waals surface area contributed by atoms with Crippen molar-refractivity contribution >= 4 is 22.3 Å². The lowest BCUT2D eigenvalue weighted by Crippen LogP contribution is -2.45. The van der Waals surface area contributed by atoms with E-state index in [2.05, 4.69) is 25.4 Å². The minimum Gasteiger partial charge on any atom is -0.494 e. The molecule has 0 aliphatic carbocycles. The van der Waals surface area contributed by atoms with Crippen LogP contribution in [-0.2, 0) is 6.54 Å². The van der Waals surface area contributed by atoms with Crippen LogP contribution in [0.2, 0.25) is 0 Å². The van der Waals surface area contributed by atoms with Crippen molar-refractivity contribution in [3.8, 4) is 5.75 Å². The van der Waals surface area contributed by atoms with Crippen molar-refractivity contribution in [3.63, 3.8) is 0 Å². The number of aromatic nitrogens is 5. The first-order valence-corrected chi connectivity index (χ1v) is 10.3. The average Bonchev–Trinajstić information content (AvgIpc) is 3.47. The third kappa shape index (κ3) is 3.46. The van der Waals surface area contributed by atoms with Crippen LogP contribution in [-0.4, -0.2) is 38.5 Å². The number of para-hydroxylation sites is 1. The van der Waals surface area contributed by atoms with E-state index < -0.39 is 11.6 Å². The number of halogens is 2. The fourth-order valence-electron chi connectivity index (χ4n) is 4.04. The second-order valence-corrected chi connectivity index (χ2v) is 7.57. The molecule has 9 heteroatoms. The Labute approximate surface area is 182 Å². The number of H-pyrrole nitrogens is 2. The predicted octanol–water partition coefficient (Wildman–Crippen LogP) is 4.48. The molecule has 1 aliphatic heterocycles. The molecule has 0 saturated carbocycles. The average molecular weight is 435 g/mol. The molecule has 32 heavy (non-hydrogen) atoms. The highest BCUT2D eigenvalue weighted by Gasteiger charge is 2.36. The standard InChI is InChI=1S/C23H21F2N6O/c1-2-32-16-11-19(24)18(20(25)12-16)13-31(23-17-5-3-4-6-21(17)28-30-23)9-7-15(8-10-31)22-26-14-27-29-22/h3-9,11-12,14H,2,10,13H2,1H3,(H,28,30)(H,26,27,29)/q+1. The van der Waals surface area contributed by atoms with Crippen LogP contribution < -0.4 is 9.22 Å². The molecule has 0 bridgehead atoms. The number of nitrogens with one attached hydrogen (secondary N) is 2. The van der Waals surface area contributed by atoms with Gasteiger partial charge in [-0.25, -0.2) is 23.3 Å². The van der Waals surface area contributed by atoms with Crippen LogP contribution in [0.1, 0.15) is 18.3 Å². The molecule has 2 aromatic carbocycles. The molecule has 3 heterocycles. The summed E-state index contributed by atoms with van der Waals surface area (Å²) in [7, 11) is 0. The van der Waals surface area contributed by atoms with Crippen molar-refractivity contribution in [2.75, 3.05) is 13.2 Å². The third-order valence-electron chi connectivity index (χ3n) is 5.62. The second-order valence-electron chi connectivity index (χ2n) is 7.57. The molecule has 0 radical (unpaired) electrons. The van der Waals surface area contributed by atoms with Crippen molar-refractivity contribution in [3.05, 3.63) is 84.1 Å². The zero-order chi connectivity index (χ0) is 22.1. The molecular formula is C23H21F2N6O+. The fraction of sp³-hybridized carbons (Fsp3) is 0.174. The summed E-state index contributed by atoms with van der Waals surface area (Å²) in [6.07, 6.45) is 7.20. The van der Waals surface area contributed by atoms with Gasteiger partial charge in [-0.3, -0.25) is 5.10 Å². The minimum absolute atomic E-state index is 0.0201. The third-order valence-corrected chi connectivity index (χ3v) is 5.62. The maximum absolute atomic E-state index is 15.0. The van der Waals surface area contributed by atoms with Gasteiger partial charge in [0.05, 0.1) is 23.1 Å². The summed E-state index contributed by atoms with van der Waals surface area (Å²) < 4.78 is 35.4. The molecular weight excluding hydrogens is 414 g/mol. The van der Waals surface area contributed by atoms with Crippen molar-refractivity contribution in [2.24, 2.45) is 0 Å². The van der Waals surface area contributed by atoms with Gasteiger partial charge in [0, 0.05) is 23.8 Å². The van der Waals surface area contributed by atoms with Crippen molar-refractivity contribution in [1.82, 2.24) is 29.9 Å². The normalized spacial score (nSPS) is 18.2. The van der Waals surface area contributed by atoms with E-state index in [1.807, 2.05) is 42.6 Å². The Balaban J connectivity index is 1.60. The molecule has 1 aliphatic rings. The molecule has 7 nitrogen and oxygen atoms in total. The number of allylic oxidation sites excluding steroid dienone is 2. The van der Waals surface area contributed by atoms with Crippen LogP contribution in [0.15, 0.2) is 61.1 Å². The number of benzene rings is 2. The van der Waals surface area contributed by atoms with Gasteiger partial charge in [-0.15, -0.1) is 0 Å². The van der Waals surface area contributed by atoms with Gasteiger partial charge in [0.15, 0.2) is 5.82 Å². The maximum atomic E-state index is 15.0. The number of hydrogen-bond acceptors (Lipinski definition) is 4. The topological polar surface area (TPSA) is 79.5 Å². The van der Waals surface area contributed by atoms with Crippen LogP contribution in [0, 0.1) is 11.6 Å². The Morgan fingerprint density at radius 1 is 1.12 bits per heavy atom. The first kappa shape index (κ1) is 20.1. The summed E-state index contributed by atoms with van der Waals surface area (Å²) in [6.45, 7) is 2.58. The summed E-state index contributed by atoms with van der Waals surface area (Å²) in [4.78, 5) is 4.19. The number of fused-ring (bicyclic) bond motifs is 1. The van der Waals surface area contributed by atoms with Gasteiger partial charge in [-0.1, -0.05) is 12.1 Å². The van der Waals surface area contributed by atoms with E-state index in [0.717, 1.165) is 22.3 Å². The van der Waals surface area contributed by atoms with E-state index in [1.165, 1.54) is 18.5 Å². The molecule has 1 unspecified atom stereocenters. The van der Waals surface area contributed by atoms with E-state index in [0.29, 0.717) is 19.0 Å². The lowest BCUT2D eigenvalue weighted by Gasteiger charge is -2.34. The van der Waals surface area contributed by atoms with Gasteiger partial charge in [0.25, 0.3) is 0 Å². The summed E-state index contributed by atoms with van der Waals surface area (Å²) in [6, 6.07) is 10.1. The van der Waals surface area contributed by atoms with Crippen LogP contribution in [0.3, 0.4) is 0 Å². The van der Waals surface area contributed by atoms with E-state index in [9.17, 15) is 8.78 Å². The molecule has 5 rings (SSSR count). The molecule has 4 aromatic rings. The van der Waals surface area contributed by atoms with E-state index in [4.69, 9.17) is 4.74 Å².